The molecule has 0 fully saturated rings. The van der Waals surface area contributed by atoms with Crippen LogP contribution in [0.5, 0.6) is 0 Å². The Morgan fingerprint density at radius 1 is 1.47 bits per heavy atom. The van der Waals surface area contributed by atoms with Gasteiger partial charge in [0.05, 0.1) is 0 Å². The number of halogens is 1. The summed E-state index contributed by atoms with van der Waals surface area (Å²) < 4.78 is 25.8. The summed E-state index contributed by atoms with van der Waals surface area (Å²) in [6.45, 7) is 0. The molecule has 3 aromatic rings. The number of aromatic amines is 1. The van der Waals surface area contributed by atoms with E-state index in [1.54, 1.807) is 11.6 Å². The van der Waals surface area contributed by atoms with Gasteiger partial charge in [-0.2, -0.15) is 5.10 Å². The molecule has 0 aromatic carbocycles. The molecule has 3 heterocycles. The summed E-state index contributed by atoms with van der Waals surface area (Å²) in [5.74, 6) is 0. The zero-order valence-corrected chi connectivity index (χ0v) is 10.4. The van der Waals surface area contributed by atoms with E-state index in [4.69, 9.17) is 11.6 Å². The lowest BCUT2D eigenvalue weighted by Gasteiger charge is -1.98. The van der Waals surface area contributed by atoms with Gasteiger partial charge in [-0.1, -0.05) is 11.6 Å². The van der Waals surface area contributed by atoms with Gasteiger partial charge in [-0.05, 0) is 0 Å². The summed E-state index contributed by atoms with van der Waals surface area (Å²) in [5, 5.41) is 7.10. The molecule has 0 aliphatic rings. The number of H-pyrrole nitrogens is 1. The van der Waals surface area contributed by atoms with Gasteiger partial charge in [0.25, 0.3) is 9.84 Å². The second-order valence-corrected chi connectivity index (χ2v) is 6.07. The van der Waals surface area contributed by atoms with E-state index in [-0.39, 0.29) is 15.3 Å². The van der Waals surface area contributed by atoms with Crippen molar-refractivity contribution in [3.05, 3.63) is 23.1 Å². The van der Waals surface area contributed by atoms with E-state index in [0.717, 1.165) is 6.33 Å². The van der Waals surface area contributed by atoms with Crippen molar-refractivity contribution in [1.82, 2.24) is 24.6 Å². The molecular formula is C7H4ClN5O2S2. The molecule has 0 aliphatic heterocycles. The Morgan fingerprint density at radius 3 is 3.00 bits per heavy atom. The van der Waals surface area contributed by atoms with Crippen molar-refractivity contribution >= 4 is 37.7 Å². The third-order valence-electron chi connectivity index (χ3n) is 2.08. The number of aromatic nitrogens is 5. The number of fused-ring (bicyclic) bond motifs is 1. The number of nitrogens with one attached hydrogen (secondary N) is 1. The van der Waals surface area contributed by atoms with Crippen LogP contribution in [-0.2, 0) is 9.84 Å². The van der Waals surface area contributed by atoms with E-state index < -0.39 is 9.84 Å². The highest BCUT2D eigenvalue weighted by molar-refractivity contribution is 7.91. The van der Waals surface area contributed by atoms with Crippen molar-refractivity contribution < 1.29 is 8.42 Å². The standard InChI is InChI=1S/C7H4ClN5O2S2/c8-4-5(13-1-2-16-7(13)11-4)17(14,15)6-9-3-10-12-6/h1-3H,(H,9,10,12). The van der Waals surface area contributed by atoms with Crippen LogP contribution in [0.4, 0.5) is 0 Å². The summed E-state index contributed by atoms with van der Waals surface area (Å²) in [6.07, 6.45) is 2.70. The third-order valence-corrected chi connectivity index (χ3v) is 4.82. The Labute approximate surface area is 104 Å². The second-order valence-electron chi connectivity index (χ2n) is 3.06. The first kappa shape index (κ1) is 10.7. The molecule has 1 N–H and O–H groups in total. The molecule has 0 radical (unpaired) electrons. The summed E-state index contributed by atoms with van der Waals surface area (Å²) in [6, 6.07) is 0. The van der Waals surface area contributed by atoms with Gasteiger partial charge < -0.3 is 0 Å². The highest BCUT2D eigenvalue weighted by atomic mass is 35.5. The number of nitrogens with zero attached hydrogens (tertiary/aromatic N) is 4. The van der Waals surface area contributed by atoms with Gasteiger partial charge in [-0.15, -0.1) is 11.3 Å². The lowest BCUT2D eigenvalue weighted by Crippen LogP contribution is -2.07. The van der Waals surface area contributed by atoms with Crippen LogP contribution in [0.2, 0.25) is 5.15 Å². The summed E-state index contributed by atoms with van der Waals surface area (Å²) in [7, 11) is -3.83. The minimum absolute atomic E-state index is 0.0757. The van der Waals surface area contributed by atoms with Crippen molar-refractivity contribution in [1.29, 1.82) is 0 Å². The predicted octanol–water partition coefficient (Wildman–Crippen LogP) is 1.00. The molecule has 0 saturated carbocycles. The van der Waals surface area contributed by atoms with E-state index in [2.05, 4.69) is 20.2 Å². The average molecular weight is 290 g/mol. The quantitative estimate of drug-likeness (QED) is 0.759. The molecule has 0 spiro atoms. The lowest BCUT2D eigenvalue weighted by atomic mass is 10.9. The second kappa shape index (κ2) is 3.52. The first-order chi connectivity index (χ1) is 8.10. The summed E-state index contributed by atoms with van der Waals surface area (Å²) in [5.41, 5.74) is 0. The topological polar surface area (TPSA) is 93.0 Å². The Bertz CT molecular complexity index is 773. The van der Waals surface area contributed by atoms with Gasteiger partial charge in [0.1, 0.15) is 6.33 Å². The fourth-order valence-corrected chi connectivity index (χ4v) is 3.91. The van der Waals surface area contributed by atoms with Gasteiger partial charge in [0.15, 0.2) is 15.1 Å². The molecular weight excluding hydrogens is 286 g/mol. The fraction of sp³-hybridized carbons (Fsp3) is 0. The molecule has 17 heavy (non-hydrogen) atoms. The van der Waals surface area contributed by atoms with Crippen LogP contribution in [0, 0.1) is 0 Å². The third kappa shape index (κ3) is 1.47. The molecule has 3 aromatic heterocycles. The highest BCUT2D eigenvalue weighted by Crippen LogP contribution is 2.28. The van der Waals surface area contributed by atoms with Crippen molar-refractivity contribution in [3.8, 4) is 0 Å². The number of sulfone groups is 1. The Kier molecular flexibility index (Phi) is 2.21. The summed E-state index contributed by atoms with van der Waals surface area (Å²) in [4.78, 5) is 8.09. The van der Waals surface area contributed by atoms with Gasteiger partial charge in [-0.25, -0.2) is 23.5 Å². The first-order valence-corrected chi connectivity index (χ1v) is 7.06. The van der Waals surface area contributed by atoms with Crippen molar-refractivity contribution in [2.75, 3.05) is 0 Å². The van der Waals surface area contributed by atoms with Gasteiger partial charge in [-0.3, -0.25) is 4.40 Å². The molecule has 0 amide bonds. The fourth-order valence-electron chi connectivity index (χ4n) is 1.39. The normalized spacial score (nSPS) is 12.3. The van der Waals surface area contributed by atoms with Gasteiger partial charge in [0.2, 0.25) is 5.16 Å². The van der Waals surface area contributed by atoms with Gasteiger partial charge in [0, 0.05) is 11.6 Å². The van der Waals surface area contributed by atoms with Crippen molar-refractivity contribution in [2.24, 2.45) is 0 Å². The number of rotatable bonds is 2. The van der Waals surface area contributed by atoms with Crippen LogP contribution in [-0.4, -0.2) is 33.0 Å². The predicted molar refractivity (Wildman–Crippen MR) is 59.9 cm³/mol. The van der Waals surface area contributed by atoms with Crippen LogP contribution >= 0.6 is 22.9 Å². The summed E-state index contributed by atoms with van der Waals surface area (Å²) >= 11 is 7.14. The average Bonchev–Trinajstić information content (AvgIpc) is 2.88. The van der Waals surface area contributed by atoms with Crippen LogP contribution in [0.15, 0.2) is 28.1 Å². The molecule has 0 atom stereocenters. The van der Waals surface area contributed by atoms with Gasteiger partial charge >= 0.3 is 0 Å². The molecule has 0 aliphatic carbocycles. The molecule has 10 heteroatoms. The molecule has 0 bridgehead atoms. The maximum absolute atomic E-state index is 12.2. The van der Waals surface area contributed by atoms with Crippen LogP contribution in [0.3, 0.4) is 0 Å². The SMILES string of the molecule is O=S(=O)(c1ncn[nH]1)c1c(Cl)nc2sccn12. The maximum atomic E-state index is 12.2. The first-order valence-electron chi connectivity index (χ1n) is 4.32. The molecule has 7 nitrogen and oxygen atoms in total. The van der Waals surface area contributed by atoms with Crippen molar-refractivity contribution in [2.45, 2.75) is 10.2 Å². The molecule has 88 valence electrons. The highest BCUT2D eigenvalue weighted by Gasteiger charge is 2.29. The zero-order chi connectivity index (χ0) is 12.0. The van der Waals surface area contributed by atoms with Crippen LogP contribution in [0.1, 0.15) is 0 Å². The minimum Gasteiger partial charge on any atom is -0.279 e. The largest absolute Gasteiger partial charge is 0.279 e. The van der Waals surface area contributed by atoms with Crippen molar-refractivity contribution in [3.63, 3.8) is 0 Å². The Balaban J connectivity index is 2.35. The van der Waals surface area contributed by atoms with E-state index in [1.807, 2.05) is 0 Å². The molecule has 3 rings (SSSR count). The lowest BCUT2D eigenvalue weighted by molar-refractivity contribution is 0.583. The minimum atomic E-state index is -3.83. The van der Waals surface area contributed by atoms with E-state index in [1.165, 1.54) is 15.7 Å². The van der Waals surface area contributed by atoms with E-state index in [9.17, 15) is 8.42 Å². The molecule has 0 unspecified atom stereocenters. The van der Waals surface area contributed by atoms with E-state index in [0.29, 0.717) is 4.96 Å². The molecule has 0 saturated heterocycles. The number of hydrogen-bond acceptors (Lipinski definition) is 6. The Morgan fingerprint density at radius 2 is 2.29 bits per heavy atom. The van der Waals surface area contributed by atoms with Crippen LogP contribution < -0.4 is 0 Å². The Hall–Kier alpha value is -1.45. The maximum Gasteiger partial charge on any atom is 0.260 e. The number of hydrogen-bond donors (Lipinski definition) is 1. The zero-order valence-electron chi connectivity index (χ0n) is 8.03. The van der Waals surface area contributed by atoms with Crippen LogP contribution in [0.25, 0.3) is 4.96 Å². The van der Waals surface area contributed by atoms with E-state index >= 15 is 0 Å². The number of thiazole rings is 1. The monoisotopic (exact) mass is 289 g/mol. The number of imidazole rings is 1. The smallest absolute Gasteiger partial charge is 0.260 e.